The van der Waals surface area contributed by atoms with Crippen LogP contribution in [0.5, 0.6) is 0 Å². The first-order valence-electron chi connectivity index (χ1n) is 7.71. The molecule has 0 N–H and O–H groups in total. The Hall–Kier alpha value is -1.91. The molecule has 1 unspecified atom stereocenters. The van der Waals surface area contributed by atoms with E-state index < -0.39 is 0 Å². The zero-order valence-electron chi connectivity index (χ0n) is 12.5. The van der Waals surface area contributed by atoms with Gasteiger partial charge in [0.2, 0.25) is 0 Å². The van der Waals surface area contributed by atoms with Gasteiger partial charge in [-0.1, -0.05) is 29.8 Å². The second-order valence-electron chi connectivity index (χ2n) is 5.98. The van der Waals surface area contributed by atoms with Crippen molar-refractivity contribution in [2.75, 3.05) is 13.1 Å². The van der Waals surface area contributed by atoms with E-state index in [2.05, 4.69) is 9.88 Å². The standard InChI is InChI=1S/C18H16ClFN2O/c19-14-5-6-17-16(9-14)21-18(23-17)13-7-8-22(11-13)10-12-3-1-2-4-15(12)20/h1-6,9,13H,7-8,10-11H2. The van der Waals surface area contributed by atoms with E-state index >= 15 is 0 Å². The number of hydrogen-bond acceptors (Lipinski definition) is 3. The summed E-state index contributed by atoms with van der Waals surface area (Å²) in [7, 11) is 0. The normalized spacial score (nSPS) is 18.8. The monoisotopic (exact) mass is 330 g/mol. The van der Waals surface area contributed by atoms with Gasteiger partial charge in [0.05, 0.1) is 0 Å². The highest BCUT2D eigenvalue weighted by molar-refractivity contribution is 6.31. The summed E-state index contributed by atoms with van der Waals surface area (Å²) in [6, 6.07) is 12.4. The maximum absolute atomic E-state index is 13.8. The van der Waals surface area contributed by atoms with Crippen LogP contribution in [0.15, 0.2) is 46.9 Å². The van der Waals surface area contributed by atoms with Gasteiger partial charge < -0.3 is 4.42 Å². The molecule has 1 aliphatic rings. The van der Waals surface area contributed by atoms with Crippen molar-refractivity contribution in [1.82, 2.24) is 9.88 Å². The van der Waals surface area contributed by atoms with Gasteiger partial charge in [-0.05, 0) is 37.2 Å². The highest BCUT2D eigenvalue weighted by atomic mass is 35.5. The summed E-state index contributed by atoms with van der Waals surface area (Å²) >= 11 is 5.99. The van der Waals surface area contributed by atoms with Crippen LogP contribution in [0.25, 0.3) is 11.1 Å². The lowest BCUT2D eigenvalue weighted by molar-refractivity contribution is 0.315. The van der Waals surface area contributed by atoms with Crippen molar-refractivity contribution in [2.24, 2.45) is 0 Å². The van der Waals surface area contributed by atoms with E-state index in [9.17, 15) is 4.39 Å². The molecule has 0 radical (unpaired) electrons. The lowest BCUT2D eigenvalue weighted by Crippen LogP contribution is -2.20. The Balaban J connectivity index is 1.50. The van der Waals surface area contributed by atoms with E-state index in [4.69, 9.17) is 16.0 Å². The maximum atomic E-state index is 13.8. The Morgan fingerprint density at radius 2 is 2.13 bits per heavy atom. The number of oxazole rings is 1. The molecule has 5 heteroatoms. The third-order valence-electron chi connectivity index (χ3n) is 4.34. The van der Waals surface area contributed by atoms with Crippen molar-refractivity contribution in [3.8, 4) is 0 Å². The Bertz CT molecular complexity index is 848. The summed E-state index contributed by atoms with van der Waals surface area (Å²) in [6.45, 7) is 2.36. The van der Waals surface area contributed by atoms with E-state index in [1.165, 1.54) is 6.07 Å². The van der Waals surface area contributed by atoms with Crippen LogP contribution in [-0.2, 0) is 6.54 Å². The van der Waals surface area contributed by atoms with Crippen LogP contribution in [0.3, 0.4) is 0 Å². The number of benzene rings is 2. The molecule has 1 fully saturated rings. The second kappa shape index (κ2) is 5.95. The summed E-state index contributed by atoms with van der Waals surface area (Å²) < 4.78 is 19.6. The highest BCUT2D eigenvalue weighted by Gasteiger charge is 2.28. The number of aromatic nitrogens is 1. The molecule has 0 amide bonds. The van der Waals surface area contributed by atoms with E-state index in [0.29, 0.717) is 11.6 Å². The Kier molecular flexibility index (Phi) is 3.79. The largest absolute Gasteiger partial charge is 0.440 e. The van der Waals surface area contributed by atoms with Gasteiger partial charge in [-0.25, -0.2) is 9.37 Å². The first-order valence-corrected chi connectivity index (χ1v) is 8.08. The summed E-state index contributed by atoms with van der Waals surface area (Å²) in [6.07, 6.45) is 0.967. The number of likely N-dealkylation sites (tertiary alicyclic amines) is 1. The number of nitrogens with zero attached hydrogens (tertiary/aromatic N) is 2. The lowest BCUT2D eigenvalue weighted by Gasteiger charge is -2.15. The van der Waals surface area contributed by atoms with Gasteiger partial charge in [-0.15, -0.1) is 0 Å². The number of rotatable bonds is 3. The average Bonchev–Trinajstić information content (AvgIpc) is 3.15. The third-order valence-corrected chi connectivity index (χ3v) is 4.57. The number of halogens is 2. The van der Waals surface area contributed by atoms with Gasteiger partial charge in [0.15, 0.2) is 11.5 Å². The molecular formula is C18H16ClFN2O. The van der Waals surface area contributed by atoms with E-state index in [1.54, 1.807) is 12.1 Å². The molecule has 0 aliphatic carbocycles. The fourth-order valence-electron chi connectivity index (χ4n) is 3.14. The topological polar surface area (TPSA) is 29.3 Å². The van der Waals surface area contributed by atoms with Crippen LogP contribution >= 0.6 is 11.6 Å². The first kappa shape index (κ1) is 14.7. The molecule has 1 aliphatic heterocycles. The Morgan fingerprint density at radius 1 is 1.26 bits per heavy atom. The highest BCUT2D eigenvalue weighted by Crippen LogP contribution is 2.31. The van der Waals surface area contributed by atoms with Crippen LogP contribution < -0.4 is 0 Å². The Morgan fingerprint density at radius 3 is 3.00 bits per heavy atom. The summed E-state index contributed by atoms with van der Waals surface area (Å²) in [5, 5.41) is 0.657. The van der Waals surface area contributed by atoms with Crippen LogP contribution in [0.2, 0.25) is 5.02 Å². The molecular weight excluding hydrogens is 315 g/mol. The molecule has 23 heavy (non-hydrogen) atoms. The van der Waals surface area contributed by atoms with Gasteiger partial charge in [0.25, 0.3) is 0 Å². The second-order valence-corrected chi connectivity index (χ2v) is 6.41. The molecule has 0 bridgehead atoms. The molecule has 3 aromatic rings. The van der Waals surface area contributed by atoms with E-state index in [1.807, 2.05) is 24.3 Å². The first-order chi connectivity index (χ1) is 11.2. The van der Waals surface area contributed by atoms with Crippen molar-refractivity contribution in [3.63, 3.8) is 0 Å². The predicted octanol–water partition coefficient (Wildman–Crippen LogP) is 4.61. The fraction of sp³-hybridized carbons (Fsp3) is 0.278. The van der Waals surface area contributed by atoms with Crippen LogP contribution in [0.4, 0.5) is 4.39 Å². The number of hydrogen-bond donors (Lipinski definition) is 0. The molecule has 1 saturated heterocycles. The average molecular weight is 331 g/mol. The summed E-state index contributed by atoms with van der Waals surface area (Å²) in [5.74, 6) is 0.846. The fourth-order valence-corrected chi connectivity index (χ4v) is 3.30. The van der Waals surface area contributed by atoms with Gasteiger partial charge in [-0.2, -0.15) is 0 Å². The van der Waals surface area contributed by atoms with Crippen molar-refractivity contribution < 1.29 is 8.81 Å². The molecule has 2 heterocycles. The molecule has 0 saturated carbocycles. The molecule has 118 valence electrons. The molecule has 0 spiro atoms. The van der Waals surface area contributed by atoms with Gasteiger partial charge >= 0.3 is 0 Å². The minimum absolute atomic E-state index is 0.146. The maximum Gasteiger partial charge on any atom is 0.199 e. The van der Waals surface area contributed by atoms with Gasteiger partial charge in [-0.3, -0.25) is 4.90 Å². The number of fused-ring (bicyclic) bond motifs is 1. The molecule has 2 aromatic carbocycles. The molecule has 4 rings (SSSR count). The lowest BCUT2D eigenvalue weighted by atomic mass is 10.1. The van der Waals surface area contributed by atoms with Crippen molar-refractivity contribution in [3.05, 3.63) is 64.8 Å². The van der Waals surface area contributed by atoms with Crippen molar-refractivity contribution in [2.45, 2.75) is 18.9 Å². The molecule has 1 aromatic heterocycles. The van der Waals surface area contributed by atoms with Crippen molar-refractivity contribution in [1.29, 1.82) is 0 Å². The van der Waals surface area contributed by atoms with Crippen LogP contribution in [0.1, 0.15) is 23.8 Å². The zero-order chi connectivity index (χ0) is 15.8. The summed E-state index contributed by atoms with van der Waals surface area (Å²) in [5.41, 5.74) is 2.29. The minimum atomic E-state index is -0.146. The van der Waals surface area contributed by atoms with Gasteiger partial charge in [0, 0.05) is 29.6 Å². The molecule has 1 atom stereocenters. The summed E-state index contributed by atoms with van der Waals surface area (Å²) in [4.78, 5) is 6.80. The van der Waals surface area contributed by atoms with Crippen LogP contribution in [0, 0.1) is 5.82 Å². The van der Waals surface area contributed by atoms with Crippen molar-refractivity contribution >= 4 is 22.7 Å². The SMILES string of the molecule is Fc1ccccc1CN1CCC(c2nc3cc(Cl)ccc3o2)C1. The molecule has 3 nitrogen and oxygen atoms in total. The zero-order valence-corrected chi connectivity index (χ0v) is 13.3. The van der Waals surface area contributed by atoms with Gasteiger partial charge in [0.1, 0.15) is 11.3 Å². The third kappa shape index (κ3) is 2.96. The quantitative estimate of drug-likeness (QED) is 0.702. The predicted molar refractivity (Wildman–Crippen MR) is 88.1 cm³/mol. The van der Waals surface area contributed by atoms with E-state index in [0.717, 1.165) is 42.1 Å². The smallest absolute Gasteiger partial charge is 0.199 e. The Labute approximate surface area is 138 Å². The van der Waals surface area contributed by atoms with Crippen LogP contribution in [-0.4, -0.2) is 23.0 Å². The van der Waals surface area contributed by atoms with E-state index in [-0.39, 0.29) is 11.7 Å². The minimum Gasteiger partial charge on any atom is -0.440 e.